The number of ether oxygens (including phenoxy) is 1. The van der Waals surface area contributed by atoms with E-state index >= 15 is 0 Å². The van der Waals surface area contributed by atoms with E-state index < -0.39 is 0 Å². The van der Waals surface area contributed by atoms with Crippen LogP contribution in [0.2, 0.25) is 0 Å². The van der Waals surface area contributed by atoms with Gasteiger partial charge in [0.25, 0.3) is 0 Å². The monoisotopic (exact) mass is 258 g/mol. The number of methoxy groups -OCH3 is 1. The number of rotatable bonds is 7. The topological polar surface area (TPSA) is 70.6 Å². The third-order valence-electron chi connectivity index (χ3n) is 3.41. The van der Waals surface area contributed by atoms with Crippen molar-refractivity contribution in [1.82, 2.24) is 10.6 Å². The van der Waals surface area contributed by atoms with Crippen molar-refractivity contribution in [2.45, 2.75) is 57.2 Å². The third-order valence-corrected chi connectivity index (χ3v) is 3.41. The van der Waals surface area contributed by atoms with Crippen molar-refractivity contribution in [3.05, 3.63) is 0 Å². The maximum absolute atomic E-state index is 11.8. The average Bonchev–Trinajstić information content (AvgIpc) is 2.37. The van der Waals surface area contributed by atoms with Crippen molar-refractivity contribution in [2.24, 2.45) is 0 Å². The smallest absolute Gasteiger partial charge is 0.236 e. The fourth-order valence-electron chi connectivity index (χ4n) is 2.28. The van der Waals surface area contributed by atoms with Crippen molar-refractivity contribution in [3.63, 3.8) is 0 Å². The van der Waals surface area contributed by atoms with E-state index in [-0.39, 0.29) is 24.1 Å². The lowest BCUT2D eigenvalue weighted by atomic mass is 9.92. The van der Waals surface area contributed by atoms with Gasteiger partial charge in [-0.05, 0) is 26.2 Å². The molecule has 1 aliphatic rings. The Morgan fingerprint density at radius 1 is 1.44 bits per heavy atom. The Balaban J connectivity index is 2.21. The minimum atomic E-state index is -0.317. The second-order valence-electron chi connectivity index (χ2n) is 4.98. The van der Waals surface area contributed by atoms with Crippen LogP contribution in [-0.4, -0.2) is 49.5 Å². The van der Waals surface area contributed by atoms with E-state index in [9.17, 15) is 9.90 Å². The minimum absolute atomic E-state index is 0.0103. The van der Waals surface area contributed by atoms with Gasteiger partial charge in [0.2, 0.25) is 5.91 Å². The molecule has 0 aromatic carbocycles. The number of carbonyl (C=O) groups excluding carboxylic acids is 1. The molecule has 1 fully saturated rings. The normalized spacial score (nSPS) is 25.7. The van der Waals surface area contributed by atoms with Crippen molar-refractivity contribution < 1.29 is 14.6 Å². The number of hydrogen-bond acceptors (Lipinski definition) is 4. The first-order chi connectivity index (χ1) is 8.65. The molecule has 0 heterocycles. The Labute approximate surface area is 109 Å². The van der Waals surface area contributed by atoms with Crippen LogP contribution in [0.25, 0.3) is 0 Å². The predicted molar refractivity (Wildman–Crippen MR) is 70.4 cm³/mol. The van der Waals surface area contributed by atoms with E-state index in [4.69, 9.17) is 4.74 Å². The molecule has 18 heavy (non-hydrogen) atoms. The van der Waals surface area contributed by atoms with Gasteiger partial charge in [0.05, 0.1) is 12.1 Å². The average molecular weight is 258 g/mol. The standard InChI is InChI=1S/C13H26N2O3/c1-10(13(17)14-8-5-9-18-2)15-11-6-3-4-7-12(11)16/h10-12,15-16H,3-9H2,1-2H3,(H,14,17). The highest BCUT2D eigenvalue weighted by atomic mass is 16.5. The number of carbonyl (C=O) groups is 1. The van der Waals surface area contributed by atoms with Gasteiger partial charge in [-0.3, -0.25) is 4.79 Å². The Kier molecular flexibility index (Phi) is 7.23. The van der Waals surface area contributed by atoms with Gasteiger partial charge < -0.3 is 20.5 Å². The zero-order valence-electron chi connectivity index (χ0n) is 11.4. The van der Waals surface area contributed by atoms with Crippen LogP contribution in [0.1, 0.15) is 39.0 Å². The molecule has 0 saturated heterocycles. The van der Waals surface area contributed by atoms with Gasteiger partial charge in [-0.15, -0.1) is 0 Å². The van der Waals surface area contributed by atoms with E-state index in [1.807, 2.05) is 6.92 Å². The van der Waals surface area contributed by atoms with E-state index in [0.717, 1.165) is 32.1 Å². The quantitative estimate of drug-likeness (QED) is 0.579. The third kappa shape index (κ3) is 5.33. The minimum Gasteiger partial charge on any atom is -0.392 e. The Bertz CT molecular complexity index is 248. The van der Waals surface area contributed by atoms with Crippen LogP contribution >= 0.6 is 0 Å². The molecule has 0 aromatic rings. The molecule has 0 radical (unpaired) electrons. The summed E-state index contributed by atoms with van der Waals surface area (Å²) in [7, 11) is 1.65. The summed E-state index contributed by atoms with van der Waals surface area (Å²) in [5.41, 5.74) is 0. The van der Waals surface area contributed by atoms with Gasteiger partial charge in [0.1, 0.15) is 0 Å². The number of amides is 1. The van der Waals surface area contributed by atoms with Gasteiger partial charge in [-0.25, -0.2) is 0 Å². The van der Waals surface area contributed by atoms with Gasteiger partial charge in [0, 0.05) is 26.3 Å². The van der Waals surface area contributed by atoms with Gasteiger partial charge in [-0.1, -0.05) is 12.8 Å². The van der Waals surface area contributed by atoms with E-state index in [0.29, 0.717) is 13.2 Å². The molecular weight excluding hydrogens is 232 g/mol. The molecule has 0 bridgehead atoms. The highest BCUT2D eigenvalue weighted by molar-refractivity contribution is 5.81. The lowest BCUT2D eigenvalue weighted by molar-refractivity contribution is -0.123. The second kappa shape index (κ2) is 8.45. The van der Waals surface area contributed by atoms with Crippen LogP contribution in [0.15, 0.2) is 0 Å². The zero-order chi connectivity index (χ0) is 13.4. The van der Waals surface area contributed by atoms with Crippen LogP contribution in [0.3, 0.4) is 0 Å². The van der Waals surface area contributed by atoms with Crippen molar-refractivity contribution in [2.75, 3.05) is 20.3 Å². The predicted octanol–water partition coefficient (Wildman–Crippen LogP) is 0.421. The fourth-order valence-corrected chi connectivity index (χ4v) is 2.28. The molecule has 0 aliphatic heterocycles. The summed E-state index contributed by atoms with van der Waals surface area (Å²) in [6.45, 7) is 3.13. The first-order valence-electron chi connectivity index (χ1n) is 6.86. The summed E-state index contributed by atoms with van der Waals surface area (Å²) in [6, 6.07) is -0.205. The van der Waals surface area contributed by atoms with Crippen LogP contribution in [0.4, 0.5) is 0 Å². The molecule has 3 N–H and O–H groups in total. The van der Waals surface area contributed by atoms with Crippen molar-refractivity contribution >= 4 is 5.91 Å². The Hall–Kier alpha value is -0.650. The maximum atomic E-state index is 11.8. The number of aliphatic hydroxyl groups excluding tert-OH is 1. The van der Waals surface area contributed by atoms with Gasteiger partial charge in [0.15, 0.2) is 0 Å². The van der Waals surface area contributed by atoms with E-state index in [1.54, 1.807) is 7.11 Å². The summed E-state index contributed by atoms with van der Waals surface area (Å²) < 4.78 is 4.92. The highest BCUT2D eigenvalue weighted by Gasteiger charge is 2.25. The lowest BCUT2D eigenvalue weighted by Crippen LogP contribution is -2.51. The maximum Gasteiger partial charge on any atom is 0.236 e. The summed E-state index contributed by atoms with van der Waals surface area (Å²) in [5, 5.41) is 15.9. The fraction of sp³-hybridized carbons (Fsp3) is 0.923. The molecule has 1 amide bonds. The first-order valence-corrected chi connectivity index (χ1v) is 6.86. The highest BCUT2D eigenvalue weighted by Crippen LogP contribution is 2.18. The first kappa shape index (κ1) is 15.4. The number of hydrogen-bond donors (Lipinski definition) is 3. The Morgan fingerprint density at radius 2 is 2.17 bits per heavy atom. The van der Waals surface area contributed by atoms with Gasteiger partial charge >= 0.3 is 0 Å². The van der Waals surface area contributed by atoms with Gasteiger partial charge in [-0.2, -0.15) is 0 Å². The molecular formula is C13H26N2O3. The van der Waals surface area contributed by atoms with Crippen molar-refractivity contribution in [1.29, 1.82) is 0 Å². The number of aliphatic hydroxyl groups is 1. The molecule has 5 heteroatoms. The molecule has 5 nitrogen and oxygen atoms in total. The molecule has 1 saturated carbocycles. The van der Waals surface area contributed by atoms with Crippen LogP contribution in [0, 0.1) is 0 Å². The largest absolute Gasteiger partial charge is 0.392 e. The molecule has 3 atom stereocenters. The summed E-state index contributed by atoms with van der Waals surface area (Å²) in [4.78, 5) is 11.8. The van der Waals surface area contributed by atoms with Crippen LogP contribution < -0.4 is 10.6 Å². The SMILES string of the molecule is COCCCNC(=O)C(C)NC1CCCCC1O. The summed E-state index contributed by atoms with van der Waals surface area (Å²) >= 11 is 0. The van der Waals surface area contributed by atoms with Crippen LogP contribution in [-0.2, 0) is 9.53 Å². The molecule has 3 unspecified atom stereocenters. The molecule has 1 aliphatic carbocycles. The molecule has 1 rings (SSSR count). The summed E-state index contributed by atoms with van der Waals surface area (Å²) in [5.74, 6) is -0.0103. The van der Waals surface area contributed by atoms with Crippen molar-refractivity contribution in [3.8, 4) is 0 Å². The molecule has 106 valence electrons. The second-order valence-corrected chi connectivity index (χ2v) is 4.98. The van der Waals surface area contributed by atoms with E-state index in [1.165, 1.54) is 0 Å². The van der Waals surface area contributed by atoms with E-state index in [2.05, 4.69) is 10.6 Å². The lowest BCUT2D eigenvalue weighted by Gasteiger charge is -2.30. The summed E-state index contributed by atoms with van der Waals surface area (Å²) in [6.07, 6.45) is 4.49. The Morgan fingerprint density at radius 3 is 2.83 bits per heavy atom. The molecule has 0 aromatic heterocycles. The zero-order valence-corrected chi connectivity index (χ0v) is 11.4. The van der Waals surface area contributed by atoms with Crippen LogP contribution in [0.5, 0.6) is 0 Å². The molecule has 0 spiro atoms. The number of nitrogens with one attached hydrogen (secondary N) is 2.